The molecule has 16 heavy (non-hydrogen) atoms. The first-order valence-electron chi connectivity index (χ1n) is 5.84. The van der Waals surface area contributed by atoms with E-state index in [1.54, 1.807) is 0 Å². The summed E-state index contributed by atoms with van der Waals surface area (Å²) in [7, 11) is 4.07. The number of hydrogen-bond donors (Lipinski definition) is 0. The van der Waals surface area contributed by atoms with Crippen LogP contribution in [0.1, 0.15) is 6.42 Å². The summed E-state index contributed by atoms with van der Waals surface area (Å²) in [6.07, 6.45) is 1.03. The molecule has 5 heteroatoms. The van der Waals surface area contributed by atoms with Crippen LogP contribution in [0.15, 0.2) is 0 Å². The Hall–Kier alpha value is -0.650. The van der Waals surface area contributed by atoms with Gasteiger partial charge in [0, 0.05) is 26.1 Å². The third-order valence-corrected chi connectivity index (χ3v) is 3.09. The molecule has 0 amide bonds. The summed E-state index contributed by atoms with van der Waals surface area (Å²) in [5.41, 5.74) is 0. The zero-order valence-corrected chi connectivity index (χ0v) is 10.0. The van der Waals surface area contributed by atoms with Crippen LogP contribution in [0, 0.1) is 0 Å². The van der Waals surface area contributed by atoms with Gasteiger partial charge in [0.15, 0.2) is 0 Å². The van der Waals surface area contributed by atoms with E-state index in [2.05, 4.69) is 9.80 Å². The first-order chi connectivity index (χ1) is 7.66. The molecule has 0 aromatic heterocycles. The molecule has 0 saturated carbocycles. The van der Waals surface area contributed by atoms with E-state index in [4.69, 9.17) is 9.47 Å². The minimum atomic E-state index is -0.0643. The fraction of sp³-hybridized carbons (Fsp3) is 0.909. The first-order valence-corrected chi connectivity index (χ1v) is 5.84. The standard InChI is InChI=1S/C11H20N2O3/c1-12(2)7-9-8-13(4-6-15-9)10-3-5-16-11(10)14/h9-10H,3-8H2,1-2H3/t9-,10-/m0/s1. The summed E-state index contributed by atoms with van der Waals surface area (Å²) in [6.45, 7) is 3.85. The summed E-state index contributed by atoms with van der Waals surface area (Å²) in [5, 5.41) is 0. The molecule has 2 atom stereocenters. The van der Waals surface area contributed by atoms with E-state index in [-0.39, 0.29) is 18.1 Å². The molecule has 2 aliphatic heterocycles. The van der Waals surface area contributed by atoms with Crippen LogP contribution in [-0.2, 0) is 14.3 Å². The maximum Gasteiger partial charge on any atom is 0.323 e. The van der Waals surface area contributed by atoms with Crippen LogP contribution in [0.2, 0.25) is 0 Å². The number of carbonyl (C=O) groups is 1. The largest absolute Gasteiger partial charge is 0.464 e. The molecule has 0 aromatic rings. The second-order valence-corrected chi connectivity index (χ2v) is 4.72. The average Bonchev–Trinajstić information content (AvgIpc) is 2.64. The molecule has 0 bridgehead atoms. The predicted octanol–water partition coefficient (Wildman–Crippen LogP) is -0.436. The Labute approximate surface area is 96.3 Å². The van der Waals surface area contributed by atoms with E-state index in [9.17, 15) is 4.79 Å². The molecule has 92 valence electrons. The molecule has 0 aliphatic carbocycles. The van der Waals surface area contributed by atoms with Crippen LogP contribution < -0.4 is 0 Å². The van der Waals surface area contributed by atoms with Gasteiger partial charge in [0.2, 0.25) is 0 Å². The lowest BCUT2D eigenvalue weighted by molar-refractivity contribution is -0.144. The van der Waals surface area contributed by atoms with Gasteiger partial charge in [-0.3, -0.25) is 9.69 Å². The molecule has 0 spiro atoms. The summed E-state index contributed by atoms with van der Waals surface area (Å²) in [5.74, 6) is -0.0643. The van der Waals surface area contributed by atoms with Gasteiger partial charge >= 0.3 is 5.97 Å². The van der Waals surface area contributed by atoms with Gasteiger partial charge in [-0.25, -0.2) is 0 Å². The molecule has 2 saturated heterocycles. The van der Waals surface area contributed by atoms with Crippen molar-refractivity contribution in [1.29, 1.82) is 0 Å². The smallest absolute Gasteiger partial charge is 0.323 e. The topological polar surface area (TPSA) is 42.0 Å². The number of carbonyl (C=O) groups excluding carboxylic acids is 1. The molecule has 0 radical (unpaired) electrons. The highest BCUT2D eigenvalue weighted by Crippen LogP contribution is 2.17. The van der Waals surface area contributed by atoms with Gasteiger partial charge < -0.3 is 14.4 Å². The van der Waals surface area contributed by atoms with E-state index in [1.165, 1.54) is 0 Å². The van der Waals surface area contributed by atoms with Gasteiger partial charge in [-0.15, -0.1) is 0 Å². The molecule has 2 aliphatic rings. The first kappa shape index (κ1) is 11.8. The van der Waals surface area contributed by atoms with Gasteiger partial charge in [0.1, 0.15) is 6.04 Å². The summed E-state index contributed by atoms with van der Waals surface area (Å²) in [6, 6.07) is -0.0337. The molecular weight excluding hydrogens is 208 g/mol. The Balaban J connectivity index is 1.88. The van der Waals surface area contributed by atoms with Crippen molar-refractivity contribution in [3.05, 3.63) is 0 Å². The van der Waals surface area contributed by atoms with Crippen molar-refractivity contribution in [2.45, 2.75) is 18.6 Å². The number of nitrogens with zero attached hydrogens (tertiary/aromatic N) is 2. The number of ether oxygens (including phenoxy) is 2. The zero-order chi connectivity index (χ0) is 11.5. The Morgan fingerprint density at radius 2 is 2.25 bits per heavy atom. The van der Waals surface area contributed by atoms with Crippen molar-refractivity contribution in [2.75, 3.05) is 46.9 Å². The number of likely N-dealkylation sites (N-methyl/N-ethyl adjacent to an activating group) is 1. The normalized spacial score (nSPS) is 32.1. The van der Waals surface area contributed by atoms with Gasteiger partial charge in [-0.1, -0.05) is 0 Å². The highest BCUT2D eigenvalue weighted by atomic mass is 16.5. The average molecular weight is 228 g/mol. The second kappa shape index (κ2) is 5.12. The van der Waals surface area contributed by atoms with Crippen molar-refractivity contribution in [3.8, 4) is 0 Å². The van der Waals surface area contributed by atoms with Crippen LogP contribution in [0.4, 0.5) is 0 Å². The summed E-state index contributed by atoms with van der Waals surface area (Å²) < 4.78 is 10.7. The molecule has 0 unspecified atom stereocenters. The van der Waals surface area contributed by atoms with E-state index >= 15 is 0 Å². The molecule has 0 aromatic carbocycles. The second-order valence-electron chi connectivity index (χ2n) is 4.72. The highest BCUT2D eigenvalue weighted by Gasteiger charge is 2.35. The summed E-state index contributed by atoms with van der Waals surface area (Å²) in [4.78, 5) is 15.8. The van der Waals surface area contributed by atoms with Crippen molar-refractivity contribution >= 4 is 5.97 Å². The number of esters is 1. The van der Waals surface area contributed by atoms with E-state index in [1.807, 2.05) is 14.1 Å². The minimum absolute atomic E-state index is 0.0337. The van der Waals surface area contributed by atoms with Gasteiger partial charge in [-0.2, -0.15) is 0 Å². The lowest BCUT2D eigenvalue weighted by Crippen LogP contribution is -2.51. The van der Waals surface area contributed by atoms with Crippen molar-refractivity contribution in [1.82, 2.24) is 9.80 Å². The molecule has 2 heterocycles. The molecule has 2 rings (SSSR count). The Morgan fingerprint density at radius 3 is 2.88 bits per heavy atom. The summed E-state index contributed by atoms with van der Waals surface area (Å²) >= 11 is 0. The molecule has 2 fully saturated rings. The van der Waals surface area contributed by atoms with Crippen LogP contribution in [0.3, 0.4) is 0 Å². The third kappa shape index (κ3) is 2.72. The molecular formula is C11H20N2O3. The lowest BCUT2D eigenvalue weighted by Gasteiger charge is -2.36. The maximum atomic E-state index is 11.5. The zero-order valence-electron chi connectivity index (χ0n) is 10.0. The monoisotopic (exact) mass is 228 g/mol. The van der Waals surface area contributed by atoms with Crippen molar-refractivity contribution < 1.29 is 14.3 Å². The Bertz CT molecular complexity index is 258. The number of morpholine rings is 1. The van der Waals surface area contributed by atoms with E-state index in [0.29, 0.717) is 13.2 Å². The molecule has 5 nitrogen and oxygen atoms in total. The fourth-order valence-electron chi connectivity index (χ4n) is 2.36. The van der Waals surface area contributed by atoms with Gasteiger partial charge in [0.05, 0.1) is 19.3 Å². The fourth-order valence-corrected chi connectivity index (χ4v) is 2.36. The van der Waals surface area contributed by atoms with Gasteiger partial charge in [-0.05, 0) is 14.1 Å². The third-order valence-electron chi connectivity index (χ3n) is 3.09. The number of hydrogen-bond acceptors (Lipinski definition) is 5. The number of cyclic esters (lactones) is 1. The van der Waals surface area contributed by atoms with Crippen LogP contribution in [0.5, 0.6) is 0 Å². The van der Waals surface area contributed by atoms with E-state index < -0.39 is 0 Å². The minimum Gasteiger partial charge on any atom is -0.464 e. The van der Waals surface area contributed by atoms with Gasteiger partial charge in [0.25, 0.3) is 0 Å². The van der Waals surface area contributed by atoms with Crippen LogP contribution >= 0.6 is 0 Å². The number of rotatable bonds is 3. The maximum absolute atomic E-state index is 11.5. The Kier molecular flexibility index (Phi) is 3.78. The van der Waals surface area contributed by atoms with Crippen LogP contribution in [0.25, 0.3) is 0 Å². The molecule has 0 N–H and O–H groups in total. The van der Waals surface area contributed by atoms with Crippen molar-refractivity contribution in [3.63, 3.8) is 0 Å². The highest BCUT2D eigenvalue weighted by molar-refractivity contribution is 5.77. The lowest BCUT2D eigenvalue weighted by atomic mass is 10.1. The quantitative estimate of drug-likeness (QED) is 0.613. The van der Waals surface area contributed by atoms with E-state index in [0.717, 1.165) is 26.1 Å². The Morgan fingerprint density at radius 1 is 1.44 bits per heavy atom. The predicted molar refractivity (Wildman–Crippen MR) is 59.2 cm³/mol. The SMILES string of the molecule is CN(C)C[C@H]1CN([C@H]2CCOC2=O)CCO1. The van der Waals surface area contributed by atoms with Crippen molar-refractivity contribution in [2.24, 2.45) is 0 Å². The van der Waals surface area contributed by atoms with Crippen LogP contribution in [-0.4, -0.2) is 74.9 Å².